The maximum Gasteiger partial charge on any atom is 0.355 e. The van der Waals surface area contributed by atoms with E-state index in [1.807, 2.05) is 0 Å². The van der Waals surface area contributed by atoms with Crippen LogP contribution < -0.4 is 5.32 Å². The predicted molar refractivity (Wildman–Crippen MR) is 85.3 cm³/mol. The van der Waals surface area contributed by atoms with E-state index in [4.69, 9.17) is 9.15 Å². The molecule has 1 N–H and O–H groups in total. The number of esters is 1. The van der Waals surface area contributed by atoms with Gasteiger partial charge in [-0.2, -0.15) is 0 Å². The van der Waals surface area contributed by atoms with Gasteiger partial charge in [0, 0.05) is 11.3 Å². The minimum atomic E-state index is -0.753. The van der Waals surface area contributed by atoms with Gasteiger partial charge >= 0.3 is 5.97 Å². The Morgan fingerprint density at radius 3 is 3.04 bits per heavy atom. The van der Waals surface area contributed by atoms with Gasteiger partial charge in [-0.05, 0) is 12.1 Å². The predicted octanol–water partition coefficient (Wildman–Crippen LogP) is -0.159. The van der Waals surface area contributed by atoms with Crippen LogP contribution in [0.25, 0.3) is 0 Å². The standard InChI is InChI=1S/C15H13N3O6S/c1-22-17-9(8-3-2-4-23-8)12(19)16-10-13(20)18-11-7(5-24-15(11)21)6-25-14(10)18/h2-4,10,14H,5-6H2,1H3,(H,16,19)/b17-9+/t10-,14-/m1/s1. The van der Waals surface area contributed by atoms with Gasteiger partial charge < -0.3 is 19.3 Å². The van der Waals surface area contributed by atoms with Crippen molar-refractivity contribution in [2.75, 3.05) is 19.5 Å². The van der Waals surface area contributed by atoms with E-state index < -0.39 is 17.9 Å². The SMILES string of the molecule is CO/N=C(/C(=O)N[C@@H]1C(=O)N2C3=C(COC3=O)CS[C@H]12)c1ccco1. The van der Waals surface area contributed by atoms with Gasteiger partial charge in [-0.25, -0.2) is 4.79 Å². The fraction of sp³-hybridized carbons (Fsp3) is 0.333. The first-order valence-electron chi connectivity index (χ1n) is 7.41. The number of fused-ring (bicyclic) bond motifs is 2. The van der Waals surface area contributed by atoms with Crippen molar-refractivity contribution in [3.63, 3.8) is 0 Å². The smallest absolute Gasteiger partial charge is 0.355 e. The molecule has 1 fully saturated rings. The van der Waals surface area contributed by atoms with Gasteiger partial charge in [0.25, 0.3) is 11.8 Å². The number of oxime groups is 1. The molecule has 25 heavy (non-hydrogen) atoms. The zero-order valence-electron chi connectivity index (χ0n) is 13.1. The Morgan fingerprint density at radius 1 is 1.48 bits per heavy atom. The molecule has 1 aromatic heterocycles. The van der Waals surface area contributed by atoms with Crippen LogP contribution in [0.2, 0.25) is 0 Å². The molecule has 0 aromatic carbocycles. The number of ether oxygens (including phenoxy) is 1. The third-order valence-electron chi connectivity index (χ3n) is 4.06. The molecule has 130 valence electrons. The second-order valence-electron chi connectivity index (χ2n) is 5.49. The highest BCUT2D eigenvalue weighted by Crippen LogP contribution is 2.42. The van der Waals surface area contributed by atoms with Crippen molar-refractivity contribution in [3.8, 4) is 0 Å². The van der Waals surface area contributed by atoms with Crippen molar-refractivity contribution in [1.29, 1.82) is 0 Å². The van der Waals surface area contributed by atoms with E-state index in [9.17, 15) is 14.4 Å². The van der Waals surface area contributed by atoms with Crippen molar-refractivity contribution in [2.45, 2.75) is 11.4 Å². The van der Waals surface area contributed by atoms with Crippen molar-refractivity contribution < 1.29 is 28.4 Å². The summed E-state index contributed by atoms with van der Waals surface area (Å²) in [6, 6.07) is 2.42. The molecule has 1 aromatic rings. The van der Waals surface area contributed by atoms with Crippen molar-refractivity contribution in [3.05, 3.63) is 35.4 Å². The average molecular weight is 363 g/mol. The van der Waals surface area contributed by atoms with E-state index in [0.717, 1.165) is 5.57 Å². The molecular formula is C15H13N3O6S. The number of thioether (sulfide) groups is 1. The molecule has 0 bridgehead atoms. The summed E-state index contributed by atoms with van der Waals surface area (Å²) < 4.78 is 10.1. The number of carbonyl (C=O) groups is 3. The van der Waals surface area contributed by atoms with Crippen LogP contribution in [0.4, 0.5) is 0 Å². The van der Waals surface area contributed by atoms with Gasteiger partial charge in [0.05, 0.1) is 6.26 Å². The van der Waals surface area contributed by atoms with E-state index in [2.05, 4.69) is 15.3 Å². The van der Waals surface area contributed by atoms with Crippen LogP contribution in [0.3, 0.4) is 0 Å². The van der Waals surface area contributed by atoms with Gasteiger partial charge in [0.15, 0.2) is 5.76 Å². The van der Waals surface area contributed by atoms with Crippen LogP contribution in [0.15, 0.2) is 39.2 Å². The zero-order valence-corrected chi connectivity index (χ0v) is 13.9. The Hall–Kier alpha value is -2.75. The van der Waals surface area contributed by atoms with Gasteiger partial charge in [-0.15, -0.1) is 11.8 Å². The third-order valence-corrected chi connectivity index (χ3v) is 5.40. The first kappa shape index (κ1) is 15.8. The van der Waals surface area contributed by atoms with E-state index in [1.165, 1.54) is 30.0 Å². The highest BCUT2D eigenvalue weighted by Gasteiger charge is 2.55. The lowest BCUT2D eigenvalue weighted by atomic mass is 10.0. The Labute approximate surface area is 146 Å². The Morgan fingerprint density at radius 2 is 2.32 bits per heavy atom. The van der Waals surface area contributed by atoms with E-state index in [-0.39, 0.29) is 29.4 Å². The minimum Gasteiger partial charge on any atom is -0.462 e. The number of rotatable bonds is 4. The second kappa shape index (κ2) is 5.96. The molecule has 2 atom stereocenters. The number of nitrogens with zero attached hydrogens (tertiary/aromatic N) is 2. The number of hydrogen-bond donors (Lipinski definition) is 1. The summed E-state index contributed by atoms with van der Waals surface area (Å²) in [5, 5.41) is 5.96. The second-order valence-corrected chi connectivity index (χ2v) is 6.59. The topological polar surface area (TPSA) is 110 Å². The summed E-state index contributed by atoms with van der Waals surface area (Å²) in [4.78, 5) is 42.8. The zero-order chi connectivity index (χ0) is 17.6. The third kappa shape index (κ3) is 2.40. The van der Waals surface area contributed by atoms with Crippen molar-refractivity contribution in [2.24, 2.45) is 5.16 Å². The average Bonchev–Trinajstić information content (AvgIpc) is 3.26. The highest BCUT2D eigenvalue weighted by atomic mass is 32.2. The summed E-state index contributed by atoms with van der Waals surface area (Å²) in [6.45, 7) is 0.220. The summed E-state index contributed by atoms with van der Waals surface area (Å²) in [5.74, 6) is -0.629. The number of furan rings is 1. The van der Waals surface area contributed by atoms with Gasteiger partial charge in [-0.1, -0.05) is 5.16 Å². The molecule has 10 heteroatoms. The van der Waals surface area contributed by atoms with Crippen molar-refractivity contribution >= 4 is 35.3 Å². The first-order chi connectivity index (χ1) is 12.1. The van der Waals surface area contributed by atoms with Crippen LogP contribution in [0, 0.1) is 0 Å². The number of β-lactam (4-membered cyclic amide) rings is 1. The molecule has 3 aliphatic heterocycles. The molecule has 2 amide bonds. The molecule has 0 unspecified atom stereocenters. The van der Waals surface area contributed by atoms with Crippen molar-refractivity contribution in [1.82, 2.24) is 10.2 Å². The lowest BCUT2D eigenvalue weighted by molar-refractivity contribution is -0.150. The normalized spacial score (nSPS) is 25.2. The summed E-state index contributed by atoms with van der Waals surface area (Å²) in [7, 11) is 1.31. The lowest BCUT2D eigenvalue weighted by Crippen LogP contribution is -2.70. The quantitative estimate of drug-likeness (QED) is 0.342. The van der Waals surface area contributed by atoms with Crippen LogP contribution in [-0.4, -0.2) is 59.3 Å². The summed E-state index contributed by atoms with van der Waals surface area (Å²) in [6.07, 6.45) is 1.40. The van der Waals surface area contributed by atoms with E-state index in [1.54, 1.807) is 12.1 Å². The lowest BCUT2D eigenvalue weighted by Gasteiger charge is -2.48. The molecule has 0 spiro atoms. The number of nitrogens with one attached hydrogen (secondary N) is 1. The molecule has 1 saturated heterocycles. The minimum absolute atomic E-state index is 0.0697. The largest absolute Gasteiger partial charge is 0.462 e. The van der Waals surface area contributed by atoms with Gasteiger partial charge in [-0.3, -0.25) is 14.5 Å². The number of amides is 2. The summed E-state index contributed by atoms with van der Waals surface area (Å²) in [5.41, 5.74) is 1.05. The van der Waals surface area contributed by atoms with Crippen LogP contribution in [-0.2, 0) is 24.0 Å². The van der Waals surface area contributed by atoms with Gasteiger partial charge in [0.2, 0.25) is 5.71 Å². The Balaban J connectivity index is 1.51. The molecule has 0 saturated carbocycles. The van der Waals surface area contributed by atoms with Crippen LogP contribution in [0.5, 0.6) is 0 Å². The molecular weight excluding hydrogens is 350 g/mol. The monoisotopic (exact) mass is 363 g/mol. The molecule has 4 rings (SSSR count). The maximum atomic E-state index is 12.5. The Kier molecular flexibility index (Phi) is 3.75. The fourth-order valence-corrected chi connectivity index (χ4v) is 4.24. The molecule has 0 aliphatic carbocycles. The first-order valence-corrected chi connectivity index (χ1v) is 8.46. The fourth-order valence-electron chi connectivity index (χ4n) is 2.92. The number of carbonyl (C=O) groups excluding carboxylic acids is 3. The van der Waals surface area contributed by atoms with Crippen LogP contribution in [0.1, 0.15) is 5.76 Å². The molecule has 0 radical (unpaired) electrons. The van der Waals surface area contributed by atoms with E-state index in [0.29, 0.717) is 11.4 Å². The van der Waals surface area contributed by atoms with Gasteiger partial charge in [0.1, 0.15) is 30.8 Å². The molecule has 3 aliphatic rings. The number of hydrogen-bond acceptors (Lipinski definition) is 8. The highest BCUT2D eigenvalue weighted by molar-refractivity contribution is 8.00. The number of cyclic esters (lactones) is 1. The van der Waals surface area contributed by atoms with Crippen LogP contribution >= 0.6 is 11.8 Å². The van der Waals surface area contributed by atoms with E-state index >= 15 is 0 Å². The molecule has 9 nitrogen and oxygen atoms in total. The summed E-state index contributed by atoms with van der Waals surface area (Å²) >= 11 is 1.47. The Bertz CT molecular complexity index is 815. The molecule has 4 heterocycles. The maximum absolute atomic E-state index is 12.5.